The van der Waals surface area contributed by atoms with Gasteiger partial charge in [0.05, 0.1) is 12.9 Å². The van der Waals surface area contributed by atoms with Crippen LogP contribution in [0.5, 0.6) is 0 Å². The molecule has 0 aliphatic carbocycles. The van der Waals surface area contributed by atoms with Gasteiger partial charge in [-0.2, -0.15) is 4.31 Å². The molecule has 3 heterocycles. The Bertz CT molecular complexity index is 1070. The molecule has 17 heteroatoms. The van der Waals surface area contributed by atoms with Crippen LogP contribution in [0.4, 0.5) is 5.82 Å². The van der Waals surface area contributed by atoms with Crippen molar-refractivity contribution in [2.75, 3.05) is 18.5 Å². The summed E-state index contributed by atoms with van der Waals surface area (Å²) in [4.78, 5) is 39.1. The highest BCUT2D eigenvalue weighted by Crippen LogP contribution is 2.57. The average molecular weight is 495 g/mol. The van der Waals surface area contributed by atoms with Crippen molar-refractivity contribution in [3.63, 3.8) is 0 Å². The zero-order valence-corrected chi connectivity index (χ0v) is 18.5. The van der Waals surface area contributed by atoms with Gasteiger partial charge in [-0.1, -0.05) is 5.57 Å². The molecule has 1 fully saturated rings. The second-order valence-corrected chi connectivity index (χ2v) is 9.89. The molecule has 6 N–H and O–H groups in total. The number of phosphoric ester groups is 1. The van der Waals surface area contributed by atoms with Crippen molar-refractivity contribution in [3.8, 4) is 0 Å². The van der Waals surface area contributed by atoms with E-state index in [1.165, 1.54) is 17.2 Å². The van der Waals surface area contributed by atoms with Gasteiger partial charge in [0.2, 0.25) is 0 Å². The fraction of sp³-hybridized carbons (Fsp3) is 0.533. The summed E-state index contributed by atoms with van der Waals surface area (Å²) < 4.78 is 37.4. The zero-order valence-electron chi connectivity index (χ0n) is 16.8. The number of hydrogen-bond acceptors (Lipinski definition) is 11. The van der Waals surface area contributed by atoms with E-state index < -0.39 is 46.8 Å². The van der Waals surface area contributed by atoms with Crippen molar-refractivity contribution in [1.29, 1.82) is 0 Å². The van der Waals surface area contributed by atoms with Crippen molar-refractivity contribution in [2.24, 2.45) is 0 Å². The largest absolute Gasteiger partial charge is 0.481 e. The number of aliphatic hydroxyl groups is 2. The number of nitrogens with one attached hydrogen (secondary N) is 1. The highest BCUT2D eigenvalue weighted by atomic mass is 31.3. The topological polar surface area (TPSA) is 219 Å². The number of ether oxygens (including phenoxy) is 1. The predicted octanol–water partition coefficient (Wildman–Crippen LogP) is 0.0499. The van der Waals surface area contributed by atoms with Crippen LogP contribution in [0.2, 0.25) is 0 Å². The number of rotatable bonds is 10. The first-order valence-electron chi connectivity index (χ1n) is 9.19. The zero-order chi connectivity index (χ0) is 23.7. The molecule has 2 aromatic heterocycles. The van der Waals surface area contributed by atoms with Crippen LogP contribution < -0.4 is 5.32 Å². The van der Waals surface area contributed by atoms with Crippen molar-refractivity contribution >= 4 is 32.6 Å². The number of hydrogen-bond donors (Lipinski definition) is 6. The Morgan fingerprint density at radius 1 is 1.25 bits per heavy atom. The Hall–Kier alpha value is -1.77. The highest BCUT2D eigenvalue weighted by molar-refractivity contribution is 7.60. The SMILES string of the molecule is C=C(C)CCNc1ncnc2c1ncn2[C@@H]1O[C@H](COP(=O)(O)OP(=O)(O)O)[C@@H](O)[C@H]1O. The van der Waals surface area contributed by atoms with E-state index in [9.17, 15) is 24.2 Å². The number of fused-ring (bicyclic) bond motifs is 1. The van der Waals surface area contributed by atoms with Gasteiger partial charge in [-0.15, -0.1) is 6.58 Å². The average Bonchev–Trinajstić information content (AvgIpc) is 3.20. The molecule has 0 amide bonds. The van der Waals surface area contributed by atoms with Gasteiger partial charge < -0.3 is 34.9 Å². The Labute approximate surface area is 181 Å². The van der Waals surface area contributed by atoms with Crippen molar-refractivity contribution < 1.29 is 47.6 Å². The second kappa shape index (κ2) is 9.61. The standard InChI is InChI=1S/C15H23N5O10P2/c1-8(2)3-4-16-13-10-14(18-6-17-13)20(7-19-10)15-12(22)11(21)9(29-15)5-28-32(26,27)30-31(23,24)25/h6-7,9,11-12,15,21-22H,1,3-5H2,2H3,(H,26,27)(H,16,17,18)(H2,23,24,25)/t9-,11-,12-,15-/m1/s1. The Balaban J connectivity index is 1.74. The number of phosphoric acid groups is 2. The Morgan fingerprint density at radius 3 is 2.62 bits per heavy atom. The first-order chi connectivity index (χ1) is 14.9. The summed E-state index contributed by atoms with van der Waals surface area (Å²) in [7, 11) is -10.4. The van der Waals surface area contributed by atoms with Crippen molar-refractivity contribution in [3.05, 3.63) is 24.8 Å². The fourth-order valence-electron chi connectivity index (χ4n) is 2.98. The van der Waals surface area contributed by atoms with Gasteiger partial charge in [0, 0.05) is 6.54 Å². The number of aromatic nitrogens is 4. The molecule has 0 spiro atoms. The molecule has 15 nitrogen and oxygen atoms in total. The maximum atomic E-state index is 11.6. The Morgan fingerprint density at radius 2 is 1.97 bits per heavy atom. The monoisotopic (exact) mass is 495 g/mol. The smallest absolute Gasteiger partial charge is 0.387 e. The lowest BCUT2D eigenvalue weighted by Gasteiger charge is -2.17. The number of aliphatic hydroxyl groups excluding tert-OH is 2. The molecule has 1 aliphatic heterocycles. The third kappa shape index (κ3) is 5.97. The Kier molecular flexibility index (Phi) is 7.47. The van der Waals surface area contributed by atoms with Gasteiger partial charge in [0.25, 0.3) is 0 Å². The van der Waals surface area contributed by atoms with Gasteiger partial charge in [-0.05, 0) is 13.3 Å². The van der Waals surface area contributed by atoms with Crippen LogP contribution in [0, 0.1) is 0 Å². The van der Waals surface area contributed by atoms with Gasteiger partial charge in [0.15, 0.2) is 23.2 Å². The van der Waals surface area contributed by atoms with Crippen molar-refractivity contribution in [1.82, 2.24) is 19.5 Å². The lowest BCUT2D eigenvalue weighted by atomic mass is 10.1. The van der Waals surface area contributed by atoms with Gasteiger partial charge in [0.1, 0.15) is 24.6 Å². The van der Waals surface area contributed by atoms with E-state index in [0.29, 0.717) is 24.3 Å². The van der Waals surface area contributed by atoms with Gasteiger partial charge in [-0.25, -0.2) is 24.1 Å². The van der Waals surface area contributed by atoms with E-state index in [4.69, 9.17) is 14.5 Å². The molecule has 32 heavy (non-hydrogen) atoms. The van der Waals surface area contributed by atoms with Crippen molar-refractivity contribution in [2.45, 2.75) is 37.9 Å². The molecule has 0 bridgehead atoms. The fourth-order valence-corrected chi connectivity index (χ4v) is 4.58. The molecule has 1 aliphatic rings. The molecule has 0 saturated carbocycles. The first kappa shape index (κ1) is 24.9. The summed E-state index contributed by atoms with van der Waals surface area (Å²) in [5.74, 6) is 0.443. The summed E-state index contributed by atoms with van der Waals surface area (Å²) in [5.41, 5.74) is 1.65. The summed E-state index contributed by atoms with van der Waals surface area (Å²) >= 11 is 0. The molecule has 1 unspecified atom stereocenters. The molecule has 5 atom stereocenters. The van der Waals surface area contributed by atoms with E-state index in [2.05, 4.69) is 35.7 Å². The highest BCUT2D eigenvalue weighted by Gasteiger charge is 2.46. The minimum absolute atomic E-state index is 0.285. The van der Waals surface area contributed by atoms with Gasteiger partial charge in [-0.3, -0.25) is 9.09 Å². The summed E-state index contributed by atoms with van der Waals surface area (Å²) in [5, 5.41) is 23.8. The first-order valence-corrected chi connectivity index (χ1v) is 12.2. The van der Waals surface area contributed by atoms with Crippen LogP contribution >= 0.6 is 15.6 Å². The van der Waals surface area contributed by atoms with Crippen LogP contribution in [0.15, 0.2) is 24.8 Å². The maximum Gasteiger partial charge on any atom is 0.481 e. The number of imidazole rings is 1. The molecule has 3 rings (SSSR count). The van der Waals surface area contributed by atoms with E-state index in [1.807, 2.05) is 6.92 Å². The normalized spacial score (nSPS) is 25.7. The summed E-state index contributed by atoms with van der Waals surface area (Å²) in [6.45, 7) is 5.47. The van der Waals surface area contributed by atoms with Crippen LogP contribution in [0.1, 0.15) is 19.6 Å². The van der Waals surface area contributed by atoms with E-state index in [1.54, 1.807) is 0 Å². The van der Waals surface area contributed by atoms with E-state index >= 15 is 0 Å². The lowest BCUT2D eigenvalue weighted by molar-refractivity contribution is -0.0503. The third-order valence-electron chi connectivity index (χ3n) is 4.43. The van der Waals surface area contributed by atoms with Crippen LogP contribution in [-0.4, -0.2) is 75.9 Å². The lowest BCUT2D eigenvalue weighted by Crippen LogP contribution is -2.33. The maximum absolute atomic E-state index is 11.6. The number of anilines is 1. The third-order valence-corrected chi connectivity index (χ3v) is 6.58. The summed E-state index contributed by atoms with van der Waals surface area (Å²) in [6, 6.07) is 0. The van der Waals surface area contributed by atoms with E-state index in [0.717, 1.165) is 5.57 Å². The minimum atomic E-state index is -5.30. The van der Waals surface area contributed by atoms with Crippen LogP contribution in [-0.2, 0) is 22.7 Å². The van der Waals surface area contributed by atoms with E-state index in [-0.39, 0.29) is 5.65 Å². The molecular formula is C15H23N5O10P2. The quantitative estimate of drug-likeness (QED) is 0.190. The van der Waals surface area contributed by atoms with Crippen LogP contribution in [0.25, 0.3) is 11.2 Å². The van der Waals surface area contributed by atoms with Gasteiger partial charge >= 0.3 is 15.6 Å². The minimum Gasteiger partial charge on any atom is -0.387 e. The number of nitrogens with zero attached hydrogens (tertiary/aromatic N) is 4. The molecule has 1 saturated heterocycles. The molecule has 0 radical (unpaired) electrons. The second-order valence-electron chi connectivity index (χ2n) is 7.06. The molecular weight excluding hydrogens is 472 g/mol. The van der Waals surface area contributed by atoms with Crippen LogP contribution in [0.3, 0.4) is 0 Å². The molecule has 2 aromatic rings. The molecule has 178 valence electrons. The predicted molar refractivity (Wildman–Crippen MR) is 108 cm³/mol. The summed E-state index contributed by atoms with van der Waals surface area (Å²) in [6.07, 6.45) is -2.28. The molecule has 0 aromatic carbocycles.